The first-order valence-electron chi connectivity index (χ1n) is 8.24. The second-order valence-corrected chi connectivity index (χ2v) is 9.32. The smallest absolute Gasteiger partial charge is 0.137 e. The van der Waals surface area contributed by atoms with Gasteiger partial charge >= 0.3 is 0 Å². The molecule has 3 aromatic rings. The predicted octanol–water partition coefficient (Wildman–Crippen LogP) is 1.48. The Balaban J connectivity index is 1.78. The molecule has 27 heavy (non-hydrogen) atoms. The van der Waals surface area contributed by atoms with Crippen molar-refractivity contribution in [2.24, 2.45) is 0 Å². The van der Waals surface area contributed by atoms with Crippen LogP contribution in [0.1, 0.15) is 12.0 Å². The van der Waals surface area contributed by atoms with E-state index in [1.54, 1.807) is 27.6 Å². The Hall–Kier alpha value is -3.14. The standard InChI is InChI=1S/C18H17N7OS/c1-27(2,26)24-11-18(12-24,4-5-19)25-10-14(9-23-25)16-13(7-20)8-22-17-15(16)3-6-21-17/h3,6,8-10H,1,4,11-12H2,2H3,(H,21,22). The van der Waals surface area contributed by atoms with Crippen LogP contribution in [0.15, 0.2) is 30.9 Å². The number of H-pyrrole nitrogens is 1. The van der Waals surface area contributed by atoms with Crippen LogP contribution in [-0.2, 0) is 15.2 Å². The van der Waals surface area contributed by atoms with E-state index in [1.165, 1.54) is 6.20 Å². The van der Waals surface area contributed by atoms with Crippen LogP contribution in [0.2, 0.25) is 0 Å². The van der Waals surface area contributed by atoms with Gasteiger partial charge in [-0.05, 0) is 11.9 Å². The Labute approximate surface area is 156 Å². The lowest BCUT2D eigenvalue weighted by Gasteiger charge is -2.49. The molecule has 3 aromatic heterocycles. The highest BCUT2D eigenvalue weighted by Crippen LogP contribution is 2.36. The quantitative estimate of drug-likeness (QED) is 0.690. The molecule has 0 radical (unpaired) electrons. The van der Waals surface area contributed by atoms with Crippen LogP contribution in [0.3, 0.4) is 0 Å². The van der Waals surface area contributed by atoms with Crippen LogP contribution in [0.5, 0.6) is 0 Å². The molecule has 1 saturated heterocycles. The van der Waals surface area contributed by atoms with Crippen LogP contribution < -0.4 is 0 Å². The molecule has 1 aliphatic rings. The highest BCUT2D eigenvalue weighted by atomic mass is 32.2. The predicted molar refractivity (Wildman–Crippen MR) is 103 cm³/mol. The van der Waals surface area contributed by atoms with Crippen LogP contribution in [0.4, 0.5) is 0 Å². The van der Waals surface area contributed by atoms with Gasteiger partial charge in [0.2, 0.25) is 0 Å². The molecule has 0 aromatic carbocycles. The second-order valence-electron chi connectivity index (χ2n) is 6.89. The fourth-order valence-electron chi connectivity index (χ4n) is 3.48. The summed E-state index contributed by atoms with van der Waals surface area (Å²) in [5.74, 6) is 3.71. The summed E-state index contributed by atoms with van der Waals surface area (Å²) >= 11 is 0. The zero-order valence-corrected chi connectivity index (χ0v) is 15.5. The number of pyridine rings is 1. The Kier molecular flexibility index (Phi) is 3.81. The third kappa shape index (κ3) is 2.69. The van der Waals surface area contributed by atoms with E-state index in [0.717, 1.165) is 16.5 Å². The average molecular weight is 379 g/mol. The normalized spacial score (nSPS) is 18.3. The highest BCUT2D eigenvalue weighted by molar-refractivity contribution is 7.97. The van der Waals surface area contributed by atoms with Crippen molar-refractivity contribution in [3.05, 3.63) is 36.4 Å². The van der Waals surface area contributed by atoms with Crippen molar-refractivity contribution >= 4 is 26.6 Å². The molecule has 1 atom stereocenters. The van der Waals surface area contributed by atoms with Crippen molar-refractivity contribution in [1.82, 2.24) is 24.1 Å². The van der Waals surface area contributed by atoms with E-state index in [1.807, 2.05) is 12.3 Å². The molecule has 4 heterocycles. The lowest BCUT2D eigenvalue weighted by molar-refractivity contribution is 0.0763. The maximum Gasteiger partial charge on any atom is 0.137 e. The molecule has 8 nitrogen and oxygen atoms in total. The molecular formula is C18H17N7OS. The molecule has 136 valence electrons. The van der Waals surface area contributed by atoms with Crippen molar-refractivity contribution in [1.29, 1.82) is 10.5 Å². The summed E-state index contributed by atoms with van der Waals surface area (Å²) in [5.41, 5.74) is 2.15. The van der Waals surface area contributed by atoms with E-state index in [0.29, 0.717) is 24.3 Å². The molecule has 9 heteroatoms. The van der Waals surface area contributed by atoms with Gasteiger partial charge in [-0.2, -0.15) is 15.6 Å². The Morgan fingerprint density at radius 2 is 2.19 bits per heavy atom. The molecule has 1 fully saturated rings. The van der Waals surface area contributed by atoms with Crippen LogP contribution in [-0.4, -0.2) is 53.5 Å². The van der Waals surface area contributed by atoms with Crippen molar-refractivity contribution in [3.63, 3.8) is 0 Å². The van der Waals surface area contributed by atoms with Crippen LogP contribution in [0.25, 0.3) is 22.2 Å². The summed E-state index contributed by atoms with van der Waals surface area (Å²) in [6.45, 7) is 0.892. The Bertz CT molecular complexity index is 1220. The molecule has 0 bridgehead atoms. The first-order valence-corrected chi connectivity index (χ1v) is 10.3. The molecule has 1 aliphatic heterocycles. The zero-order chi connectivity index (χ0) is 19.2. The fraction of sp³-hybridized carbons (Fsp3) is 0.278. The summed E-state index contributed by atoms with van der Waals surface area (Å²) in [6.07, 6.45) is 8.70. The summed E-state index contributed by atoms with van der Waals surface area (Å²) in [6, 6.07) is 6.27. The SMILES string of the molecule is C=S(C)(=O)N1CC(CC#N)(n2cc(-c3c(C#N)cnc4[nH]ccc34)cn2)C1. The molecule has 0 saturated carbocycles. The minimum Gasteiger partial charge on any atom is -0.346 e. The summed E-state index contributed by atoms with van der Waals surface area (Å²) < 4.78 is 15.7. The number of aromatic nitrogens is 4. The number of fused-ring (bicyclic) bond motifs is 1. The van der Waals surface area contributed by atoms with Gasteiger partial charge < -0.3 is 4.98 Å². The van der Waals surface area contributed by atoms with E-state index >= 15 is 0 Å². The Morgan fingerprint density at radius 1 is 1.41 bits per heavy atom. The first kappa shape index (κ1) is 17.3. The van der Waals surface area contributed by atoms with Gasteiger partial charge in [-0.3, -0.25) is 8.89 Å². The van der Waals surface area contributed by atoms with Gasteiger partial charge in [0, 0.05) is 64.2 Å². The number of hydrogen-bond donors (Lipinski definition) is 1. The number of nitrogens with zero attached hydrogens (tertiary/aromatic N) is 6. The third-order valence-corrected chi connectivity index (χ3v) is 6.31. The minimum absolute atomic E-state index is 0.251. The average Bonchev–Trinajstić information content (AvgIpc) is 3.24. The lowest BCUT2D eigenvalue weighted by Crippen LogP contribution is -2.63. The maximum absolute atomic E-state index is 12.2. The van der Waals surface area contributed by atoms with Crippen LogP contribution >= 0.6 is 0 Å². The molecule has 1 unspecified atom stereocenters. The van der Waals surface area contributed by atoms with Crippen molar-refractivity contribution in [2.75, 3.05) is 19.3 Å². The zero-order valence-electron chi connectivity index (χ0n) is 14.7. The van der Waals surface area contributed by atoms with Crippen LogP contribution in [0, 0.1) is 22.7 Å². The molecular weight excluding hydrogens is 362 g/mol. The summed E-state index contributed by atoms with van der Waals surface area (Å²) in [4.78, 5) is 7.30. The van der Waals surface area contributed by atoms with Gasteiger partial charge in [-0.1, -0.05) is 0 Å². The van der Waals surface area contributed by atoms with Gasteiger partial charge in [-0.15, -0.1) is 0 Å². The maximum atomic E-state index is 12.2. The van der Waals surface area contributed by atoms with Crippen molar-refractivity contribution in [2.45, 2.75) is 12.0 Å². The van der Waals surface area contributed by atoms with Gasteiger partial charge in [0.05, 0.1) is 24.3 Å². The molecule has 4 rings (SSSR count). The highest BCUT2D eigenvalue weighted by Gasteiger charge is 2.47. The van der Waals surface area contributed by atoms with Gasteiger partial charge in [0.15, 0.2) is 0 Å². The van der Waals surface area contributed by atoms with Gasteiger partial charge in [0.25, 0.3) is 0 Å². The fourth-order valence-corrected chi connectivity index (χ4v) is 4.51. The van der Waals surface area contributed by atoms with Gasteiger partial charge in [-0.25, -0.2) is 9.29 Å². The first-order chi connectivity index (χ1) is 12.9. The number of nitriles is 2. The largest absolute Gasteiger partial charge is 0.346 e. The number of hydrogen-bond acceptors (Lipinski definition) is 5. The van der Waals surface area contributed by atoms with E-state index in [9.17, 15) is 14.7 Å². The lowest BCUT2D eigenvalue weighted by atomic mass is 9.89. The summed E-state index contributed by atoms with van der Waals surface area (Å²) in [7, 11) is -2.31. The van der Waals surface area contributed by atoms with E-state index in [-0.39, 0.29) is 6.42 Å². The monoisotopic (exact) mass is 379 g/mol. The second kappa shape index (κ2) is 5.95. The number of aromatic amines is 1. The van der Waals surface area contributed by atoms with E-state index < -0.39 is 15.2 Å². The van der Waals surface area contributed by atoms with Crippen molar-refractivity contribution in [3.8, 4) is 23.3 Å². The molecule has 0 amide bonds. The Morgan fingerprint density at radius 3 is 2.85 bits per heavy atom. The number of rotatable bonds is 4. The van der Waals surface area contributed by atoms with E-state index in [2.05, 4.69) is 33.1 Å². The minimum atomic E-state index is -2.31. The van der Waals surface area contributed by atoms with Crippen molar-refractivity contribution < 1.29 is 4.21 Å². The molecule has 0 aliphatic carbocycles. The third-order valence-electron chi connectivity index (χ3n) is 4.96. The summed E-state index contributed by atoms with van der Waals surface area (Å²) in [5, 5.41) is 24.1. The topological polar surface area (TPSA) is 114 Å². The molecule has 0 spiro atoms. The molecule has 1 N–H and O–H groups in total. The van der Waals surface area contributed by atoms with E-state index in [4.69, 9.17) is 0 Å². The van der Waals surface area contributed by atoms with Gasteiger partial charge in [0.1, 0.15) is 17.3 Å². The number of nitrogens with one attached hydrogen (secondary N) is 1.